The maximum atomic E-state index is 12.5. The van der Waals surface area contributed by atoms with E-state index in [0.717, 1.165) is 16.3 Å². The molecule has 3 aromatic rings. The molecule has 0 unspecified atom stereocenters. The Morgan fingerprint density at radius 2 is 1.87 bits per heavy atom. The zero-order valence-electron chi connectivity index (χ0n) is 15.3. The second kappa shape index (κ2) is 9.34. The predicted octanol–water partition coefficient (Wildman–Crippen LogP) is 5.48. The van der Waals surface area contributed by atoms with Gasteiger partial charge in [0.15, 0.2) is 0 Å². The van der Waals surface area contributed by atoms with Crippen molar-refractivity contribution < 1.29 is 26.3 Å². The first-order chi connectivity index (χ1) is 14.1. The maximum Gasteiger partial charge on any atom is 0.516 e. The van der Waals surface area contributed by atoms with Gasteiger partial charge in [0.25, 0.3) is 0 Å². The Bertz CT molecular complexity index is 1100. The summed E-state index contributed by atoms with van der Waals surface area (Å²) >= 11 is 7.36. The van der Waals surface area contributed by atoms with Gasteiger partial charge in [-0.05, 0) is 36.2 Å². The summed E-state index contributed by atoms with van der Waals surface area (Å²) in [4.78, 5) is 4.50. The standard InChI is InChI=1S/C19H16ClF3N2O3S2/c20-15-6-4-14(5-7-15)18-24-17(12-29-18)11-28-9-8-13-2-1-3-16(10-13)25-30(26,27)19(21,22)23/h1-7,10,12,25H,8-9,11H2. The molecule has 160 valence electrons. The number of hydrogen-bond donors (Lipinski definition) is 1. The van der Waals surface area contributed by atoms with E-state index in [0.29, 0.717) is 23.6 Å². The number of benzene rings is 2. The van der Waals surface area contributed by atoms with Gasteiger partial charge >= 0.3 is 15.5 Å². The largest absolute Gasteiger partial charge is 0.516 e. The van der Waals surface area contributed by atoms with Crippen LogP contribution >= 0.6 is 22.9 Å². The normalized spacial score (nSPS) is 12.1. The van der Waals surface area contributed by atoms with Gasteiger partial charge in [0, 0.05) is 21.7 Å². The van der Waals surface area contributed by atoms with Crippen molar-refractivity contribution in [2.75, 3.05) is 11.3 Å². The van der Waals surface area contributed by atoms with Gasteiger partial charge in [0.05, 0.1) is 18.9 Å². The zero-order chi connectivity index (χ0) is 21.8. The summed E-state index contributed by atoms with van der Waals surface area (Å²) in [6, 6.07) is 13.1. The van der Waals surface area contributed by atoms with E-state index in [9.17, 15) is 21.6 Å². The summed E-state index contributed by atoms with van der Waals surface area (Å²) in [6.45, 7) is 0.577. The molecule has 0 aliphatic rings. The number of anilines is 1. The minimum Gasteiger partial charge on any atom is -0.375 e. The third kappa shape index (κ3) is 5.94. The van der Waals surface area contributed by atoms with Gasteiger partial charge in [-0.3, -0.25) is 4.72 Å². The van der Waals surface area contributed by atoms with Crippen molar-refractivity contribution in [2.45, 2.75) is 18.5 Å². The van der Waals surface area contributed by atoms with Gasteiger partial charge in [0.2, 0.25) is 0 Å². The highest BCUT2D eigenvalue weighted by molar-refractivity contribution is 7.93. The summed E-state index contributed by atoms with van der Waals surface area (Å²) in [7, 11) is -5.45. The van der Waals surface area contributed by atoms with E-state index in [2.05, 4.69) is 4.98 Å². The SMILES string of the molecule is O=S(=O)(Nc1cccc(CCOCc2csc(-c3ccc(Cl)cc3)n2)c1)C(F)(F)F. The van der Waals surface area contributed by atoms with Gasteiger partial charge in [-0.25, -0.2) is 4.98 Å². The first-order valence-electron chi connectivity index (χ1n) is 8.60. The number of rotatable bonds is 8. The van der Waals surface area contributed by atoms with Gasteiger partial charge in [-0.2, -0.15) is 21.6 Å². The fourth-order valence-electron chi connectivity index (χ4n) is 2.47. The Balaban J connectivity index is 1.51. The molecule has 5 nitrogen and oxygen atoms in total. The van der Waals surface area contributed by atoms with E-state index in [4.69, 9.17) is 16.3 Å². The van der Waals surface area contributed by atoms with Crippen LogP contribution in [0.4, 0.5) is 18.9 Å². The highest BCUT2D eigenvalue weighted by Gasteiger charge is 2.46. The number of ether oxygens (including phenoxy) is 1. The van der Waals surface area contributed by atoms with E-state index in [1.807, 2.05) is 17.5 Å². The summed E-state index contributed by atoms with van der Waals surface area (Å²) in [5.74, 6) is 0. The highest BCUT2D eigenvalue weighted by atomic mass is 35.5. The molecule has 0 radical (unpaired) electrons. The Kier molecular flexibility index (Phi) is 7.02. The number of halogens is 4. The quantitative estimate of drug-likeness (QED) is 0.437. The molecule has 1 heterocycles. The Morgan fingerprint density at radius 1 is 1.13 bits per heavy atom. The van der Waals surface area contributed by atoms with Crippen LogP contribution in [0.1, 0.15) is 11.3 Å². The molecule has 0 amide bonds. The van der Waals surface area contributed by atoms with E-state index < -0.39 is 15.5 Å². The first kappa shape index (κ1) is 22.5. The lowest BCUT2D eigenvalue weighted by atomic mass is 10.1. The van der Waals surface area contributed by atoms with E-state index in [1.165, 1.54) is 34.3 Å². The smallest absolute Gasteiger partial charge is 0.375 e. The molecule has 0 saturated heterocycles. The first-order valence-corrected chi connectivity index (χ1v) is 11.3. The van der Waals surface area contributed by atoms with Crippen LogP contribution in [0.5, 0.6) is 0 Å². The van der Waals surface area contributed by atoms with Gasteiger partial charge in [-0.1, -0.05) is 35.9 Å². The average Bonchev–Trinajstić information content (AvgIpc) is 3.14. The lowest BCUT2D eigenvalue weighted by molar-refractivity contribution is -0.0429. The molecule has 30 heavy (non-hydrogen) atoms. The van der Waals surface area contributed by atoms with Crippen LogP contribution in [0, 0.1) is 0 Å². The maximum absolute atomic E-state index is 12.5. The molecule has 0 bridgehead atoms. The fraction of sp³-hybridized carbons (Fsp3) is 0.211. The topological polar surface area (TPSA) is 68.3 Å². The monoisotopic (exact) mass is 476 g/mol. The average molecular weight is 477 g/mol. The second-order valence-electron chi connectivity index (χ2n) is 6.21. The molecule has 0 aliphatic carbocycles. The lowest BCUT2D eigenvalue weighted by Gasteiger charge is -2.11. The number of aromatic nitrogens is 1. The van der Waals surface area contributed by atoms with Crippen LogP contribution in [-0.2, 0) is 27.8 Å². The van der Waals surface area contributed by atoms with E-state index >= 15 is 0 Å². The van der Waals surface area contributed by atoms with E-state index in [-0.39, 0.29) is 12.3 Å². The molecule has 0 spiro atoms. The summed E-state index contributed by atoms with van der Waals surface area (Å²) < 4.78 is 66.9. The van der Waals surface area contributed by atoms with Crippen LogP contribution in [0.15, 0.2) is 53.9 Å². The summed E-state index contributed by atoms with van der Waals surface area (Å²) in [6.07, 6.45) is 0.399. The van der Waals surface area contributed by atoms with Crippen molar-refractivity contribution >= 4 is 38.6 Å². The predicted molar refractivity (Wildman–Crippen MR) is 111 cm³/mol. The van der Waals surface area contributed by atoms with Gasteiger partial charge in [-0.15, -0.1) is 11.3 Å². The fourth-order valence-corrected chi connectivity index (χ4v) is 3.96. The number of sulfonamides is 1. The van der Waals surface area contributed by atoms with Crippen molar-refractivity contribution in [1.29, 1.82) is 0 Å². The molecule has 2 aromatic carbocycles. The van der Waals surface area contributed by atoms with Gasteiger partial charge < -0.3 is 4.74 Å². The second-order valence-corrected chi connectivity index (χ2v) is 9.17. The molecular weight excluding hydrogens is 461 g/mol. The van der Waals surface area contributed by atoms with Crippen LogP contribution in [0.25, 0.3) is 10.6 Å². The summed E-state index contributed by atoms with van der Waals surface area (Å²) in [5, 5.41) is 3.38. The zero-order valence-corrected chi connectivity index (χ0v) is 17.7. The van der Waals surface area contributed by atoms with Crippen molar-refractivity contribution in [3.05, 3.63) is 70.2 Å². The number of hydrogen-bond acceptors (Lipinski definition) is 5. The lowest BCUT2D eigenvalue weighted by Crippen LogP contribution is -2.29. The number of nitrogens with one attached hydrogen (secondary N) is 1. The van der Waals surface area contributed by atoms with Crippen LogP contribution in [-0.4, -0.2) is 25.5 Å². The molecule has 11 heteroatoms. The van der Waals surface area contributed by atoms with Crippen molar-refractivity contribution in [2.24, 2.45) is 0 Å². The third-order valence-corrected chi connectivity index (χ3v) is 6.22. The molecule has 3 rings (SSSR count). The molecular formula is C19H16ClF3N2O3S2. The molecule has 1 N–H and O–H groups in total. The summed E-state index contributed by atoms with van der Waals surface area (Å²) in [5.41, 5.74) is -3.18. The van der Waals surface area contributed by atoms with Crippen LogP contribution in [0.3, 0.4) is 0 Å². The van der Waals surface area contributed by atoms with Crippen molar-refractivity contribution in [1.82, 2.24) is 4.98 Å². The minimum absolute atomic E-state index is 0.156. The van der Waals surface area contributed by atoms with E-state index in [1.54, 1.807) is 18.2 Å². The third-order valence-electron chi connectivity index (χ3n) is 3.91. The number of nitrogens with zero attached hydrogens (tertiary/aromatic N) is 1. The minimum atomic E-state index is -5.45. The van der Waals surface area contributed by atoms with Crippen molar-refractivity contribution in [3.63, 3.8) is 0 Å². The molecule has 0 fully saturated rings. The van der Waals surface area contributed by atoms with Gasteiger partial charge in [0.1, 0.15) is 5.01 Å². The number of alkyl halides is 3. The molecule has 0 atom stereocenters. The molecule has 1 aromatic heterocycles. The van der Waals surface area contributed by atoms with Crippen LogP contribution in [0.2, 0.25) is 5.02 Å². The molecule has 0 aliphatic heterocycles. The van der Waals surface area contributed by atoms with Crippen molar-refractivity contribution in [3.8, 4) is 10.6 Å². The Hall–Kier alpha value is -2.14. The molecule has 0 saturated carbocycles. The number of thiazole rings is 1. The highest BCUT2D eigenvalue weighted by Crippen LogP contribution is 2.26. The Labute approximate surface area is 180 Å². The van der Waals surface area contributed by atoms with Crippen LogP contribution < -0.4 is 4.72 Å². The Morgan fingerprint density at radius 3 is 2.57 bits per heavy atom.